The minimum absolute atomic E-state index is 0.183. The summed E-state index contributed by atoms with van der Waals surface area (Å²) in [5.74, 6) is 0.989. The zero-order valence-corrected chi connectivity index (χ0v) is 16.6. The molecule has 5 nitrogen and oxygen atoms in total. The first kappa shape index (κ1) is 20.1. The van der Waals surface area contributed by atoms with Gasteiger partial charge in [-0.15, -0.1) is 0 Å². The van der Waals surface area contributed by atoms with Gasteiger partial charge in [-0.2, -0.15) is 0 Å². The second-order valence-electron chi connectivity index (χ2n) is 7.90. The molecule has 27 heavy (non-hydrogen) atoms. The van der Waals surface area contributed by atoms with Gasteiger partial charge < -0.3 is 14.5 Å². The molecule has 0 N–H and O–H groups in total. The summed E-state index contributed by atoms with van der Waals surface area (Å²) in [6, 6.07) is 6.66. The Labute approximate surface area is 162 Å². The van der Waals surface area contributed by atoms with Gasteiger partial charge in [0.05, 0.1) is 12.5 Å². The van der Waals surface area contributed by atoms with Gasteiger partial charge in [0.15, 0.2) is 0 Å². The standard InChI is InChI=1S/C21H32FN3O2/c1-17(2)25-10-8-18(16-25)21(26)24-13-11-23(12-14-24)9-3-15-27-20-6-4-19(22)5-7-20/h4-7,17-18H,3,8-16H2,1-2H3/t18-/m1/s1. The van der Waals surface area contributed by atoms with Gasteiger partial charge in [-0.05, 0) is 57.5 Å². The number of halogens is 1. The molecule has 0 bridgehead atoms. The molecule has 0 radical (unpaired) electrons. The Morgan fingerprint density at radius 2 is 1.85 bits per heavy atom. The number of carbonyl (C=O) groups is 1. The average molecular weight is 378 g/mol. The fraction of sp³-hybridized carbons (Fsp3) is 0.667. The van der Waals surface area contributed by atoms with Crippen LogP contribution in [0.2, 0.25) is 0 Å². The van der Waals surface area contributed by atoms with Crippen LogP contribution in [0.3, 0.4) is 0 Å². The van der Waals surface area contributed by atoms with E-state index < -0.39 is 0 Å². The highest BCUT2D eigenvalue weighted by Gasteiger charge is 2.33. The third-order valence-electron chi connectivity index (χ3n) is 5.68. The lowest BCUT2D eigenvalue weighted by molar-refractivity contribution is -0.137. The van der Waals surface area contributed by atoms with Gasteiger partial charge in [0.1, 0.15) is 11.6 Å². The lowest BCUT2D eigenvalue weighted by atomic mass is 10.1. The maximum atomic E-state index is 12.9. The fourth-order valence-electron chi connectivity index (χ4n) is 3.92. The van der Waals surface area contributed by atoms with E-state index >= 15 is 0 Å². The van der Waals surface area contributed by atoms with E-state index in [-0.39, 0.29) is 11.7 Å². The van der Waals surface area contributed by atoms with Crippen molar-refractivity contribution in [3.05, 3.63) is 30.1 Å². The summed E-state index contributed by atoms with van der Waals surface area (Å²) in [5, 5.41) is 0. The predicted molar refractivity (Wildman–Crippen MR) is 104 cm³/mol. The summed E-state index contributed by atoms with van der Waals surface area (Å²) < 4.78 is 18.5. The molecule has 2 aliphatic heterocycles. The van der Waals surface area contributed by atoms with Crippen LogP contribution in [0.15, 0.2) is 24.3 Å². The minimum Gasteiger partial charge on any atom is -0.494 e. The van der Waals surface area contributed by atoms with Crippen LogP contribution in [-0.4, -0.2) is 79.1 Å². The van der Waals surface area contributed by atoms with Crippen molar-refractivity contribution >= 4 is 5.91 Å². The molecule has 0 aromatic heterocycles. The lowest BCUT2D eigenvalue weighted by Gasteiger charge is -2.36. The number of carbonyl (C=O) groups excluding carboxylic acids is 1. The van der Waals surface area contributed by atoms with Gasteiger partial charge in [-0.25, -0.2) is 4.39 Å². The van der Waals surface area contributed by atoms with Crippen molar-refractivity contribution in [1.82, 2.24) is 14.7 Å². The molecule has 2 aliphatic rings. The Balaban J connectivity index is 1.32. The van der Waals surface area contributed by atoms with Crippen LogP contribution in [0, 0.1) is 11.7 Å². The Morgan fingerprint density at radius 3 is 2.48 bits per heavy atom. The summed E-state index contributed by atoms with van der Waals surface area (Å²) in [6.45, 7) is 11.5. The SMILES string of the molecule is CC(C)N1CC[C@@H](C(=O)N2CCN(CCCOc3ccc(F)cc3)CC2)C1. The van der Waals surface area contributed by atoms with Gasteiger partial charge in [0.25, 0.3) is 0 Å². The molecule has 2 fully saturated rings. The zero-order chi connectivity index (χ0) is 19.2. The number of hydrogen-bond acceptors (Lipinski definition) is 4. The first-order valence-corrected chi connectivity index (χ1v) is 10.2. The highest BCUT2D eigenvalue weighted by Crippen LogP contribution is 2.21. The Hall–Kier alpha value is -1.66. The van der Waals surface area contributed by atoms with Crippen LogP contribution >= 0.6 is 0 Å². The monoisotopic (exact) mass is 377 g/mol. The largest absolute Gasteiger partial charge is 0.494 e. The molecule has 0 spiro atoms. The van der Waals surface area contributed by atoms with Crippen molar-refractivity contribution < 1.29 is 13.9 Å². The zero-order valence-electron chi connectivity index (χ0n) is 16.6. The van der Waals surface area contributed by atoms with Gasteiger partial charge in [-0.1, -0.05) is 0 Å². The van der Waals surface area contributed by atoms with Gasteiger partial charge in [0.2, 0.25) is 5.91 Å². The van der Waals surface area contributed by atoms with E-state index in [1.807, 2.05) is 0 Å². The molecule has 1 aromatic carbocycles. The Kier molecular flexibility index (Phi) is 7.07. The van der Waals surface area contributed by atoms with E-state index in [0.29, 0.717) is 24.3 Å². The van der Waals surface area contributed by atoms with Gasteiger partial charge >= 0.3 is 0 Å². The van der Waals surface area contributed by atoms with Gasteiger partial charge in [0, 0.05) is 45.3 Å². The number of benzene rings is 1. The number of amides is 1. The predicted octanol–water partition coefficient (Wildman–Crippen LogP) is 2.47. The molecule has 0 saturated carbocycles. The van der Waals surface area contributed by atoms with E-state index in [9.17, 15) is 9.18 Å². The fourth-order valence-corrected chi connectivity index (χ4v) is 3.92. The summed E-state index contributed by atoms with van der Waals surface area (Å²) in [7, 11) is 0. The molecule has 1 atom stereocenters. The number of rotatable bonds is 7. The van der Waals surface area contributed by atoms with E-state index in [2.05, 4.69) is 28.5 Å². The van der Waals surface area contributed by atoms with Crippen molar-refractivity contribution in [2.75, 3.05) is 52.4 Å². The summed E-state index contributed by atoms with van der Waals surface area (Å²) >= 11 is 0. The van der Waals surface area contributed by atoms with E-state index in [0.717, 1.165) is 58.7 Å². The number of likely N-dealkylation sites (tertiary alicyclic amines) is 1. The molecule has 150 valence electrons. The van der Waals surface area contributed by atoms with E-state index in [4.69, 9.17) is 4.74 Å². The second-order valence-corrected chi connectivity index (χ2v) is 7.90. The average Bonchev–Trinajstić information content (AvgIpc) is 3.17. The molecule has 0 unspecified atom stereocenters. The second kappa shape index (κ2) is 9.51. The molecule has 1 aromatic rings. The maximum absolute atomic E-state index is 12.9. The van der Waals surface area contributed by atoms with Crippen molar-refractivity contribution in [3.63, 3.8) is 0 Å². The Morgan fingerprint density at radius 1 is 1.15 bits per heavy atom. The van der Waals surface area contributed by atoms with Crippen LogP contribution in [0.25, 0.3) is 0 Å². The van der Waals surface area contributed by atoms with E-state index in [1.54, 1.807) is 12.1 Å². The maximum Gasteiger partial charge on any atom is 0.227 e. The first-order chi connectivity index (χ1) is 13.0. The summed E-state index contributed by atoms with van der Waals surface area (Å²) in [6.07, 6.45) is 1.93. The molecular formula is C21H32FN3O2. The minimum atomic E-state index is -0.246. The number of nitrogens with zero attached hydrogens (tertiary/aromatic N) is 3. The molecule has 2 saturated heterocycles. The van der Waals surface area contributed by atoms with Crippen molar-refractivity contribution in [2.45, 2.75) is 32.7 Å². The normalized spacial score (nSPS) is 21.8. The van der Waals surface area contributed by atoms with Crippen LogP contribution in [-0.2, 0) is 4.79 Å². The quantitative estimate of drug-likeness (QED) is 0.684. The number of ether oxygens (including phenoxy) is 1. The van der Waals surface area contributed by atoms with Crippen LogP contribution in [0.1, 0.15) is 26.7 Å². The summed E-state index contributed by atoms with van der Waals surface area (Å²) in [4.78, 5) is 19.6. The molecular weight excluding hydrogens is 345 g/mol. The van der Waals surface area contributed by atoms with Crippen molar-refractivity contribution in [2.24, 2.45) is 5.92 Å². The lowest BCUT2D eigenvalue weighted by Crippen LogP contribution is -2.50. The smallest absolute Gasteiger partial charge is 0.227 e. The van der Waals surface area contributed by atoms with Gasteiger partial charge in [-0.3, -0.25) is 9.69 Å². The summed E-state index contributed by atoms with van der Waals surface area (Å²) in [5.41, 5.74) is 0. The van der Waals surface area contributed by atoms with Crippen molar-refractivity contribution in [1.29, 1.82) is 0 Å². The third kappa shape index (κ3) is 5.66. The molecule has 2 heterocycles. The Bertz CT molecular complexity index is 600. The molecule has 6 heteroatoms. The number of hydrogen-bond donors (Lipinski definition) is 0. The van der Waals surface area contributed by atoms with E-state index in [1.165, 1.54) is 12.1 Å². The van der Waals surface area contributed by atoms with Crippen LogP contribution in [0.5, 0.6) is 5.75 Å². The third-order valence-corrected chi connectivity index (χ3v) is 5.68. The number of piperazine rings is 1. The highest BCUT2D eigenvalue weighted by molar-refractivity contribution is 5.79. The van der Waals surface area contributed by atoms with Crippen LogP contribution in [0.4, 0.5) is 4.39 Å². The first-order valence-electron chi connectivity index (χ1n) is 10.2. The molecule has 1 amide bonds. The van der Waals surface area contributed by atoms with Crippen LogP contribution < -0.4 is 4.74 Å². The molecule has 0 aliphatic carbocycles. The highest BCUT2D eigenvalue weighted by atomic mass is 19.1. The van der Waals surface area contributed by atoms with Crippen molar-refractivity contribution in [3.8, 4) is 5.75 Å². The topological polar surface area (TPSA) is 36.0 Å². The molecule has 3 rings (SSSR count).